The first-order valence-corrected chi connectivity index (χ1v) is 7.63. The van der Waals surface area contributed by atoms with E-state index in [9.17, 15) is 0 Å². The van der Waals surface area contributed by atoms with Crippen molar-refractivity contribution >= 4 is 0 Å². The van der Waals surface area contributed by atoms with Gasteiger partial charge in [0, 0.05) is 31.7 Å². The molecular formula is C17H28N2. The third-order valence-corrected chi connectivity index (χ3v) is 4.31. The minimum atomic E-state index is 0.653. The maximum atomic E-state index is 3.68. The molecule has 2 nitrogen and oxygen atoms in total. The molecule has 2 atom stereocenters. The zero-order valence-corrected chi connectivity index (χ0v) is 12.8. The number of nitrogens with one attached hydrogen (secondary N) is 1. The Morgan fingerprint density at radius 3 is 2.53 bits per heavy atom. The average molecular weight is 260 g/mol. The van der Waals surface area contributed by atoms with Crippen LogP contribution >= 0.6 is 0 Å². The minimum Gasteiger partial charge on any atom is -0.311 e. The molecule has 1 N–H and O–H groups in total. The lowest BCUT2D eigenvalue weighted by Gasteiger charge is -2.42. The molecule has 1 aliphatic heterocycles. The van der Waals surface area contributed by atoms with Crippen molar-refractivity contribution in [1.29, 1.82) is 0 Å². The maximum absolute atomic E-state index is 3.68. The van der Waals surface area contributed by atoms with E-state index in [0.29, 0.717) is 18.0 Å². The lowest BCUT2D eigenvalue weighted by atomic mass is 9.97. The molecule has 2 heteroatoms. The molecule has 0 aromatic heterocycles. The molecule has 1 heterocycles. The van der Waals surface area contributed by atoms with Gasteiger partial charge in [-0.3, -0.25) is 4.90 Å². The van der Waals surface area contributed by atoms with Gasteiger partial charge in [0.05, 0.1) is 0 Å². The van der Waals surface area contributed by atoms with Gasteiger partial charge in [0.1, 0.15) is 0 Å². The average Bonchev–Trinajstić information content (AvgIpc) is 2.41. The number of piperazine rings is 1. The molecule has 1 aromatic carbocycles. The lowest BCUT2D eigenvalue weighted by molar-refractivity contribution is 0.0900. The van der Waals surface area contributed by atoms with Gasteiger partial charge in [-0.1, -0.05) is 50.6 Å². The van der Waals surface area contributed by atoms with Crippen LogP contribution in [0.5, 0.6) is 0 Å². The van der Waals surface area contributed by atoms with Crippen LogP contribution in [0.1, 0.15) is 38.3 Å². The van der Waals surface area contributed by atoms with Gasteiger partial charge in [-0.05, 0) is 24.8 Å². The number of hydrogen-bond donors (Lipinski definition) is 1. The summed E-state index contributed by atoms with van der Waals surface area (Å²) in [6.45, 7) is 12.5. The number of rotatable bonds is 4. The number of nitrogens with zero attached hydrogens (tertiary/aromatic N) is 1. The van der Waals surface area contributed by atoms with E-state index in [1.54, 1.807) is 0 Å². The molecule has 2 unspecified atom stereocenters. The smallest absolute Gasteiger partial charge is 0.0247 e. The van der Waals surface area contributed by atoms with E-state index in [2.05, 4.69) is 62.2 Å². The van der Waals surface area contributed by atoms with Crippen molar-refractivity contribution in [3.63, 3.8) is 0 Å². The summed E-state index contributed by atoms with van der Waals surface area (Å²) in [7, 11) is 0. The Balaban J connectivity index is 2.06. The van der Waals surface area contributed by atoms with E-state index >= 15 is 0 Å². The first-order chi connectivity index (χ1) is 9.10. The minimum absolute atomic E-state index is 0.653. The van der Waals surface area contributed by atoms with E-state index in [4.69, 9.17) is 0 Å². The Morgan fingerprint density at radius 2 is 1.95 bits per heavy atom. The van der Waals surface area contributed by atoms with Crippen LogP contribution in [0.25, 0.3) is 0 Å². The summed E-state index contributed by atoms with van der Waals surface area (Å²) in [4.78, 5) is 2.67. The third kappa shape index (κ3) is 3.80. The Bertz CT molecular complexity index is 383. The number of hydrogen-bond acceptors (Lipinski definition) is 2. The first kappa shape index (κ1) is 14.5. The fraction of sp³-hybridized carbons (Fsp3) is 0.647. The second kappa shape index (κ2) is 6.53. The molecule has 0 amide bonds. The first-order valence-electron chi connectivity index (χ1n) is 7.63. The molecule has 0 saturated carbocycles. The number of aryl methyl sites for hydroxylation is 1. The molecule has 1 fully saturated rings. The van der Waals surface area contributed by atoms with Gasteiger partial charge >= 0.3 is 0 Å². The van der Waals surface area contributed by atoms with E-state index in [1.807, 2.05) is 0 Å². The normalized spacial score (nSPS) is 24.9. The zero-order chi connectivity index (χ0) is 13.8. The van der Waals surface area contributed by atoms with Crippen molar-refractivity contribution in [3.05, 3.63) is 35.4 Å². The van der Waals surface area contributed by atoms with Gasteiger partial charge in [0.15, 0.2) is 0 Å². The molecule has 1 aliphatic rings. The molecule has 1 aromatic rings. The summed E-state index contributed by atoms with van der Waals surface area (Å²) in [6, 6.07) is 10.3. The second-order valence-corrected chi connectivity index (χ2v) is 6.24. The molecule has 0 spiro atoms. The Morgan fingerprint density at radius 1 is 1.26 bits per heavy atom. The monoisotopic (exact) mass is 260 g/mol. The van der Waals surface area contributed by atoms with Crippen LogP contribution in [-0.4, -0.2) is 30.1 Å². The summed E-state index contributed by atoms with van der Waals surface area (Å²) in [5, 5.41) is 3.68. The highest BCUT2D eigenvalue weighted by atomic mass is 15.2. The zero-order valence-electron chi connectivity index (χ0n) is 12.8. The van der Waals surface area contributed by atoms with Gasteiger partial charge in [0.25, 0.3) is 0 Å². The van der Waals surface area contributed by atoms with Crippen LogP contribution in [-0.2, 0) is 6.54 Å². The van der Waals surface area contributed by atoms with Crippen LogP contribution in [0, 0.1) is 12.8 Å². The molecule has 0 radical (unpaired) electrons. The van der Waals surface area contributed by atoms with Crippen LogP contribution < -0.4 is 5.32 Å². The summed E-state index contributed by atoms with van der Waals surface area (Å²) in [6.07, 6.45) is 1.22. The fourth-order valence-corrected chi connectivity index (χ4v) is 2.94. The van der Waals surface area contributed by atoms with Gasteiger partial charge < -0.3 is 5.32 Å². The predicted octanol–water partition coefficient (Wildman–Crippen LogP) is 3.20. The predicted molar refractivity (Wildman–Crippen MR) is 82.3 cm³/mol. The Labute approximate surface area is 118 Å². The molecule has 106 valence electrons. The van der Waals surface area contributed by atoms with Crippen molar-refractivity contribution in [2.75, 3.05) is 13.1 Å². The molecule has 0 bridgehead atoms. The number of benzene rings is 1. The van der Waals surface area contributed by atoms with Gasteiger partial charge in [-0.2, -0.15) is 0 Å². The molecule has 1 saturated heterocycles. The van der Waals surface area contributed by atoms with Crippen molar-refractivity contribution < 1.29 is 0 Å². The van der Waals surface area contributed by atoms with Gasteiger partial charge in [-0.25, -0.2) is 0 Å². The van der Waals surface area contributed by atoms with Gasteiger partial charge in [-0.15, -0.1) is 0 Å². The van der Waals surface area contributed by atoms with Crippen molar-refractivity contribution in [2.45, 2.75) is 52.7 Å². The van der Waals surface area contributed by atoms with Crippen LogP contribution in [0.3, 0.4) is 0 Å². The highest BCUT2D eigenvalue weighted by molar-refractivity contribution is 5.21. The van der Waals surface area contributed by atoms with E-state index < -0.39 is 0 Å². The molecule has 2 rings (SSSR count). The highest BCUT2D eigenvalue weighted by Gasteiger charge is 2.28. The Hall–Kier alpha value is -0.860. The van der Waals surface area contributed by atoms with Crippen molar-refractivity contribution in [3.8, 4) is 0 Å². The molecule has 19 heavy (non-hydrogen) atoms. The third-order valence-electron chi connectivity index (χ3n) is 4.31. The fourth-order valence-electron chi connectivity index (χ4n) is 2.94. The van der Waals surface area contributed by atoms with E-state index in [1.165, 1.54) is 24.1 Å². The summed E-state index contributed by atoms with van der Waals surface area (Å²) in [5.74, 6) is 0.704. The van der Waals surface area contributed by atoms with Crippen molar-refractivity contribution in [2.24, 2.45) is 5.92 Å². The topological polar surface area (TPSA) is 15.3 Å². The standard InChI is InChI=1S/C17H28N2/c1-5-16-12-19(17(10-18-16)13(2)3)11-15-8-6-14(4)7-9-15/h6-9,13,16-18H,5,10-12H2,1-4H3. The highest BCUT2D eigenvalue weighted by Crippen LogP contribution is 2.19. The van der Waals surface area contributed by atoms with Crippen LogP contribution in [0.2, 0.25) is 0 Å². The Kier molecular flexibility index (Phi) is 5.00. The van der Waals surface area contributed by atoms with Crippen molar-refractivity contribution in [1.82, 2.24) is 10.2 Å². The molecule has 0 aliphatic carbocycles. The van der Waals surface area contributed by atoms with Gasteiger partial charge in [0.2, 0.25) is 0 Å². The second-order valence-electron chi connectivity index (χ2n) is 6.24. The molecular weight excluding hydrogens is 232 g/mol. The van der Waals surface area contributed by atoms with E-state index in [0.717, 1.165) is 13.1 Å². The summed E-state index contributed by atoms with van der Waals surface area (Å²) < 4.78 is 0. The van der Waals surface area contributed by atoms with E-state index in [-0.39, 0.29) is 0 Å². The summed E-state index contributed by atoms with van der Waals surface area (Å²) in [5.41, 5.74) is 2.78. The van der Waals surface area contributed by atoms with Crippen LogP contribution in [0.15, 0.2) is 24.3 Å². The quantitative estimate of drug-likeness (QED) is 0.894. The SMILES string of the molecule is CCC1CN(Cc2ccc(C)cc2)C(C(C)C)CN1. The lowest BCUT2D eigenvalue weighted by Crippen LogP contribution is -2.57. The van der Waals surface area contributed by atoms with Crippen LogP contribution in [0.4, 0.5) is 0 Å². The largest absolute Gasteiger partial charge is 0.311 e. The maximum Gasteiger partial charge on any atom is 0.0247 e. The summed E-state index contributed by atoms with van der Waals surface area (Å²) >= 11 is 0.